The standard InChI is InChI=1S/C13H14ClN3O2/c14-10-5-7-12(8-6-10)17-9-11(15-16-17)3-1-2-4-13(18)19/h5-9H,1-4H2,(H,18,19). The van der Waals surface area contributed by atoms with Crippen molar-refractivity contribution in [1.29, 1.82) is 0 Å². The van der Waals surface area contributed by atoms with Gasteiger partial charge in [0, 0.05) is 11.4 Å². The number of carboxylic acids is 1. The summed E-state index contributed by atoms with van der Waals surface area (Å²) in [4.78, 5) is 10.4. The van der Waals surface area contributed by atoms with Crippen LogP contribution in [0.1, 0.15) is 25.0 Å². The number of nitrogens with zero attached hydrogens (tertiary/aromatic N) is 3. The Labute approximate surface area is 115 Å². The third kappa shape index (κ3) is 4.06. The summed E-state index contributed by atoms with van der Waals surface area (Å²) in [5.41, 5.74) is 1.76. The lowest BCUT2D eigenvalue weighted by Gasteiger charge is -1.99. The first-order valence-electron chi connectivity index (χ1n) is 6.04. The van der Waals surface area contributed by atoms with E-state index in [4.69, 9.17) is 16.7 Å². The molecule has 0 saturated heterocycles. The third-order valence-electron chi connectivity index (χ3n) is 2.71. The Morgan fingerprint density at radius 1 is 1.26 bits per heavy atom. The normalized spacial score (nSPS) is 10.6. The number of aryl methyl sites for hydroxylation is 1. The van der Waals surface area contributed by atoms with Crippen LogP contribution < -0.4 is 0 Å². The summed E-state index contributed by atoms with van der Waals surface area (Å²) >= 11 is 5.82. The van der Waals surface area contributed by atoms with Gasteiger partial charge in [-0.05, 0) is 43.5 Å². The minimum Gasteiger partial charge on any atom is -0.481 e. The van der Waals surface area contributed by atoms with E-state index in [2.05, 4.69) is 10.3 Å². The first-order valence-corrected chi connectivity index (χ1v) is 6.42. The van der Waals surface area contributed by atoms with Crippen LogP contribution in [0.15, 0.2) is 30.5 Å². The molecule has 1 N–H and O–H groups in total. The van der Waals surface area contributed by atoms with Gasteiger partial charge in [0.05, 0.1) is 17.6 Å². The third-order valence-corrected chi connectivity index (χ3v) is 2.96. The van der Waals surface area contributed by atoms with Crippen LogP contribution in [0.2, 0.25) is 5.02 Å². The van der Waals surface area contributed by atoms with E-state index < -0.39 is 5.97 Å². The molecule has 0 aliphatic rings. The number of carbonyl (C=O) groups is 1. The predicted molar refractivity (Wildman–Crippen MR) is 71.6 cm³/mol. The molecule has 2 aromatic rings. The Morgan fingerprint density at radius 3 is 2.68 bits per heavy atom. The molecule has 2 rings (SSSR count). The van der Waals surface area contributed by atoms with Crippen molar-refractivity contribution in [3.05, 3.63) is 41.2 Å². The van der Waals surface area contributed by atoms with Crippen LogP contribution in [0.25, 0.3) is 5.69 Å². The van der Waals surface area contributed by atoms with Gasteiger partial charge in [0.25, 0.3) is 0 Å². The summed E-state index contributed by atoms with van der Waals surface area (Å²) in [6.45, 7) is 0. The molecule has 1 aromatic heterocycles. The number of hydrogen-bond donors (Lipinski definition) is 1. The van der Waals surface area contributed by atoms with E-state index in [1.807, 2.05) is 18.3 Å². The monoisotopic (exact) mass is 279 g/mol. The second-order valence-electron chi connectivity index (χ2n) is 4.23. The summed E-state index contributed by atoms with van der Waals surface area (Å²) in [7, 11) is 0. The molecule has 0 amide bonds. The Morgan fingerprint density at radius 2 is 2.00 bits per heavy atom. The summed E-state index contributed by atoms with van der Waals surface area (Å²) < 4.78 is 1.68. The molecule has 0 saturated carbocycles. The zero-order valence-electron chi connectivity index (χ0n) is 10.3. The van der Waals surface area contributed by atoms with Crippen LogP contribution in [0.5, 0.6) is 0 Å². The number of hydrogen-bond acceptors (Lipinski definition) is 3. The fraction of sp³-hybridized carbons (Fsp3) is 0.308. The van der Waals surface area contributed by atoms with Crippen LogP contribution in [0.3, 0.4) is 0 Å². The van der Waals surface area contributed by atoms with E-state index in [0.717, 1.165) is 24.2 Å². The zero-order valence-corrected chi connectivity index (χ0v) is 11.0. The highest BCUT2D eigenvalue weighted by Crippen LogP contribution is 2.13. The molecule has 0 atom stereocenters. The fourth-order valence-electron chi connectivity index (χ4n) is 1.72. The van der Waals surface area contributed by atoms with Crippen LogP contribution in [-0.2, 0) is 11.2 Å². The minimum atomic E-state index is -0.759. The molecule has 1 heterocycles. The van der Waals surface area contributed by atoms with Gasteiger partial charge in [0.1, 0.15) is 0 Å². The van der Waals surface area contributed by atoms with Gasteiger partial charge in [-0.25, -0.2) is 4.68 Å². The lowest BCUT2D eigenvalue weighted by Crippen LogP contribution is -1.95. The van der Waals surface area contributed by atoms with Crippen LogP contribution in [-0.4, -0.2) is 26.1 Å². The molecule has 100 valence electrons. The minimum absolute atomic E-state index is 0.200. The van der Waals surface area contributed by atoms with E-state index in [0.29, 0.717) is 11.4 Å². The molecular formula is C13H14ClN3O2. The number of aliphatic carboxylic acids is 1. The SMILES string of the molecule is O=C(O)CCCCc1cn(-c2ccc(Cl)cc2)nn1. The van der Waals surface area contributed by atoms with Crippen LogP contribution in [0, 0.1) is 0 Å². The quantitative estimate of drug-likeness (QED) is 0.826. The molecule has 5 nitrogen and oxygen atoms in total. The van der Waals surface area contributed by atoms with Crippen molar-refractivity contribution in [2.45, 2.75) is 25.7 Å². The lowest BCUT2D eigenvalue weighted by molar-refractivity contribution is -0.137. The van der Waals surface area contributed by atoms with Crippen molar-refractivity contribution in [2.75, 3.05) is 0 Å². The van der Waals surface area contributed by atoms with E-state index in [9.17, 15) is 4.79 Å². The van der Waals surface area contributed by atoms with Crippen molar-refractivity contribution in [2.24, 2.45) is 0 Å². The van der Waals surface area contributed by atoms with E-state index in [1.54, 1.807) is 16.8 Å². The van der Waals surface area contributed by atoms with Gasteiger partial charge in [-0.1, -0.05) is 16.8 Å². The predicted octanol–water partition coefficient (Wildman–Crippen LogP) is 2.72. The maximum absolute atomic E-state index is 10.4. The average Bonchev–Trinajstić information content (AvgIpc) is 2.84. The van der Waals surface area contributed by atoms with Crippen LogP contribution >= 0.6 is 11.6 Å². The number of rotatable bonds is 6. The molecule has 0 aliphatic heterocycles. The second-order valence-corrected chi connectivity index (χ2v) is 4.67. The van der Waals surface area contributed by atoms with Gasteiger partial charge >= 0.3 is 5.97 Å². The van der Waals surface area contributed by atoms with Gasteiger partial charge in [0.15, 0.2) is 0 Å². The van der Waals surface area contributed by atoms with E-state index in [1.165, 1.54) is 0 Å². The summed E-state index contributed by atoms with van der Waals surface area (Å²) in [6, 6.07) is 7.33. The fourth-order valence-corrected chi connectivity index (χ4v) is 1.84. The highest BCUT2D eigenvalue weighted by Gasteiger charge is 2.04. The Balaban J connectivity index is 1.91. The molecular weight excluding hydrogens is 266 g/mol. The largest absolute Gasteiger partial charge is 0.481 e. The van der Waals surface area contributed by atoms with Crippen LogP contribution in [0.4, 0.5) is 0 Å². The van der Waals surface area contributed by atoms with E-state index >= 15 is 0 Å². The Bertz CT molecular complexity index is 551. The summed E-state index contributed by atoms with van der Waals surface area (Å²) in [5, 5.41) is 17.3. The number of aromatic nitrogens is 3. The summed E-state index contributed by atoms with van der Waals surface area (Å²) in [6.07, 6.45) is 4.24. The maximum atomic E-state index is 10.4. The molecule has 0 fully saturated rings. The smallest absolute Gasteiger partial charge is 0.303 e. The molecule has 6 heteroatoms. The van der Waals surface area contributed by atoms with Gasteiger partial charge < -0.3 is 5.11 Å². The number of carboxylic acid groups (broad SMARTS) is 1. The highest BCUT2D eigenvalue weighted by molar-refractivity contribution is 6.30. The average molecular weight is 280 g/mol. The molecule has 1 aromatic carbocycles. The van der Waals surface area contributed by atoms with Gasteiger partial charge in [-0.15, -0.1) is 5.10 Å². The molecule has 0 radical (unpaired) electrons. The van der Waals surface area contributed by atoms with Gasteiger partial charge in [-0.2, -0.15) is 0 Å². The molecule has 0 aliphatic carbocycles. The first kappa shape index (κ1) is 13.5. The van der Waals surface area contributed by atoms with Crippen molar-refractivity contribution < 1.29 is 9.90 Å². The highest BCUT2D eigenvalue weighted by atomic mass is 35.5. The number of benzene rings is 1. The first-order chi connectivity index (χ1) is 9.15. The number of halogens is 1. The lowest BCUT2D eigenvalue weighted by atomic mass is 10.1. The van der Waals surface area contributed by atoms with Crippen molar-refractivity contribution in [3.63, 3.8) is 0 Å². The molecule has 19 heavy (non-hydrogen) atoms. The van der Waals surface area contributed by atoms with Crippen molar-refractivity contribution in [1.82, 2.24) is 15.0 Å². The molecule has 0 unspecified atom stereocenters. The Hall–Kier alpha value is -1.88. The second kappa shape index (κ2) is 6.33. The maximum Gasteiger partial charge on any atom is 0.303 e. The molecule has 0 bridgehead atoms. The topological polar surface area (TPSA) is 68.0 Å². The van der Waals surface area contributed by atoms with Gasteiger partial charge in [0.2, 0.25) is 0 Å². The van der Waals surface area contributed by atoms with Gasteiger partial charge in [-0.3, -0.25) is 4.79 Å². The zero-order chi connectivity index (χ0) is 13.7. The van der Waals surface area contributed by atoms with Crippen molar-refractivity contribution >= 4 is 17.6 Å². The summed E-state index contributed by atoms with van der Waals surface area (Å²) in [5.74, 6) is -0.759. The van der Waals surface area contributed by atoms with E-state index in [-0.39, 0.29) is 6.42 Å². The molecule has 0 spiro atoms. The van der Waals surface area contributed by atoms with Crippen molar-refractivity contribution in [3.8, 4) is 5.69 Å². The Kier molecular flexibility index (Phi) is 4.52. The number of unbranched alkanes of at least 4 members (excludes halogenated alkanes) is 1.